The van der Waals surface area contributed by atoms with Gasteiger partial charge in [-0.05, 0) is 74.2 Å². The SMILES string of the molecule is C/C=C\C(=C/C)CN1CCC(Nc2cc(-c3cn[nH]c3-c3ccc(F)cc3)ccn2)CC1. The molecule has 1 aromatic carbocycles. The van der Waals surface area contributed by atoms with Crippen LogP contribution in [0.1, 0.15) is 26.7 Å². The third-order valence-electron chi connectivity index (χ3n) is 5.94. The first-order valence-corrected chi connectivity index (χ1v) is 11.2. The van der Waals surface area contributed by atoms with Crippen LogP contribution in [0.4, 0.5) is 10.2 Å². The fourth-order valence-electron chi connectivity index (χ4n) is 4.18. The van der Waals surface area contributed by atoms with Crippen LogP contribution in [0.2, 0.25) is 0 Å². The number of allylic oxidation sites excluding steroid dienone is 2. The van der Waals surface area contributed by atoms with Gasteiger partial charge in [0.15, 0.2) is 0 Å². The fourth-order valence-corrected chi connectivity index (χ4v) is 4.18. The zero-order chi connectivity index (χ0) is 22.3. The predicted molar refractivity (Wildman–Crippen MR) is 129 cm³/mol. The molecule has 0 atom stereocenters. The number of hydrogen-bond acceptors (Lipinski definition) is 4. The van der Waals surface area contributed by atoms with E-state index in [1.807, 2.05) is 12.3 Å². The van der Waals surface area contributed by atoms with Crippen LogP contribution in [0.25, 0.3) is 22.4 Å². The number of nitrogens with zero attached hydrogens (tertiary/aromatic N) is 3. The van der Waals surface area contributed by atoms with E-state index in [-0.39, 0.29) is 5.82 Å². The molecule has 0 radical (unpaired) electrons. The second-order valence-corrected chi connectivity index (χ2v) is 8.15. The Morgan fingerprint density at radius 2 is 1.94 bits per heavy atom. The number of nitrogens with one attached hydrogen (secondary N) is 2. The topological polar surface area (TPSA) is 56.8 Å². The Bertz CT molecular complexity index is 1080. The van der Waals surface area contributed by atoms with Gasteiger partial charge in [-0.2, -0.15) is 5.10 Å². The molecule has 1 saturated heterocycles. The molecule has 3 aromatic rings. The van der Waals surface area contributed by atoms with Crippen LogP contribution in [-0.4, -0.2) is 45.8 Å². The van der Waals surface area contributed by atoms with E-state index in [1.54, 1.807) is 18.3 Å². The number of hydrogen-bond donors (Lipinski definition) is 2. The first-order chi connectivity index (χ1) is 15.7. The van der Waals surface area contributed by atoms with Crippen LogP contribution < -0.4 is 5.32 Å². The van der Waals surface area contributed by atoms with Gasteiger partial charge in [0.25, 0.3) is 0 Å². The number of aromatic amines is 1. The molecule has 2 aromatic heterocycles. The smallest absolute Gasteiger partial charge is 0.126 e. The van der Waals surface area contributed by atoms with Gasteiger partial charge in [0.2, 0.25) is 0 Å². The third-order valence-corrected chi connectivity index (χ3v) is 5.94. The standard InChI is InChI=1S/C26H30FN5/c1-3-5-19(4-2)18-32-14-11-23(12-15-32)30-25-16-21(10-13-28-25)24-17-29-31-26(24)20-6-8-22(27)9-7-20/h3-10,13,16-17,23H,11-12,14-15,18H2,1-2H3,(H,28,30)(H,29,31)/b5-3-,19-4+. The molecular formula is C26H30FN5. The predicted octanol–water partition coefficient (Wildman–Crippen LogP) is 5.68. The molecule has 32 heavy (non-hydrogen) atoms. The Morgan fingerprint density at radius 1 is 1.16 bits per heavy atom. The summed E-state index contributed by atoms with van der Waals surface area (Å²) in [6.45, 7) is 7.32. The van der Waals surface area contributed by atoms with Gasteiger partial charge in [-0.15, -0.1) is 0 Å². The van der Waals surface area contributed by atoms with E-state index in [1.165, 1.54) is 17.7 Å². The highest BCUT2D eigenvalue weighted by atomic mass is 19.1. The summed E-state index contributed by atoms with van der Waals surface area (Å²) in [5, 5.41) is 10.9. The Kier molecular flexibility index (Phi) is 7.12. The number of pyridine rings is 1. The highest BCUT2D eigenvalue weighted by Crippen LogP contribution is 2.31. The summed E-state index contributed by atoms with van der Waals surface area (Å²) in [5.74, 6) is 0.621. The highest BCUT2D eigenvalue weighted by Gasteiger charge is 2.20. The molecule has 1 aliphatic heterocycles. The lowest BCUT2D eigenvalue weighted by Gasteiger charge is -2.32. The van der Waals surface area contributed by atoms with Gasteiger partial charge in [0, 0.05) is 43.0 Å². The number of benzene rings is 1. The van der Waals surface area contributed by atoms with Gasteiger partial charge in [-0.1, -0.05) is 18.2 Å². The molecule has 1 fully saturated rings. The van der Waals surface area contributed by atoms with E-state index in [9.17, 15) is 4.39 Å². The molecule has 6 heteroatoms. The fraction of sp³-hybridized carbons (Fsp3) is 0.308. The molecule has 4 rings (SSSR count). The minimum Gasteiger partial charge on any atom is -0.367 e. The minimum atomic E-state index is -0.250. The summed E-state index contributed by atoms with van der Waals surface area (Å²) in [6.07, 6.45) is 12.3. The van der Waals surface area contributed by atoms with E-state index >= 15 is 0 Å². The molecule has 1 aliphatic rings. The molecule has 0 amide bonds. The molecule has 0 unspecified atom stereocenters. The molecule has 0 aliphatic carbocycles. The zero-order valence-electron chi connectivity index (χ0n) is 18.7. The lowest BCUT2D eigenvalue weighted by Crippen LogP contribution is -2.39. The molecule has 0 bridgehead atoms. The Labute approximate surface area is 189 Å². The van der Waals surface area contributed by atoms with Crippen LogP contribution in [0.3, 0.4) is 0 Å². The molecule has 0 spiro atoms. The van der Waals surface area contributed by atoms with Crippen LogP contribution in [-0.2, 0) is 0 Å². The quantitative estimate of drug-likeness (QED) is 0.473. The first-order valence-electron chi connectivity index (χ1n) is 11.2. The van der Waals surface area contributed by atoms with Crippen molar-refractivity contribution < 1.29 is 4.39 Å². The average Bonchev–Trinajstić information content (AvgIpc) is 3.31. The molecule has 2 N–H and O–H groups in total. The average molecular weight is 432 g/mol. The van der Waals surface area contributed by atoms with Crippen molar-refractivity contribution in [1.29, 1.82) is 0 Å². The van der Waals surface area contributed by atoms with Gasteiger partial charge < -0.3 is 5.32 Å². The van der Waals surface area contributed by atoms with Gasteiger partial charge in [0.1, 0.15) is 11.6 Å². The molecular weight excluding hydrogens is 401 g/mol. The normalized spacial score (nSPS) is 16.0. The van der Waals surface area contributed by atoms with Crippen LogP contribution in [0.5, 0.6) is 0 Å². The lowest BCUT2D eigenvalue weighted by atomic mass is 10.0. The van der Waals surface area contributed by atoms with Crippen LogP contribution in [0.15, 0.2) is 72.6 Å². The third kappa shape index (κ3) is 5.32. The van der Waals surface area contributed by atoms with Crippen molar-refractivity contribution in [3.05, 3.63) is 78.4 Å². The lowest BCUT2D eigenvalue weighted by molar-refractivity contribution is 0.237. The number of likely N-dealkylation sites (tertiary alicyclic amines) is 1. The van der Waals surface area contributed by atoms with Crippen molar-refractivity contribution in [1.82, 2.24) is 20.1 Å². The van der Waals surface area contributed by atoms with Crippen molar-refractivity contribution in [2.45, 2.75) is 32.7 Å². The first kappa shape index (κ1) is 22.0. The number of H-pyrrole nitrogens is 1. The maximum Gasteiger partial charge on any atom is 0.126 e. The molecule has 3 heterocycles. The van der Waals surface area contributed by atoms with Gasteiger partial charge >= 0.3 is 0 Å². The van der Waals surface area contributed by atoms with E-state index in [0.717, 1.165) is 60.7 Å². The number of halogens is 1. The van der Waals surface area contributed by atoms with Gasteiger partial charge in [-0.25, -0.2) is 9.37 Å². The largest absolute Gasteiger partial charge is 0.367 e. The number of aromatic nitrogens is 3. The molecule has 0 saturated carbocycles. The van der Waals surface area contributed by atoms with Crippen LogP contribution >= 0.6 is 0 Å². The van der Waals surface area contributed by atoms with Crippen molar-refractivity contribution in [3.8, 4) is 22.4 Å². The maximum absolute atomic E-state index is 13.3. The monoisotopic (exact) mass is 431 g/mol. The van der Waals surface area contributed by atoms with Gasteiger partial charge in [-0.3, -0.25) is 10.00 Å². The summed E-state index contributed by atoms with van der Waals surface area (Å²) in [5.41, 5.74) is 5.13. The summed E-state index contributed by atoms with van der Waals surface area (Å²) in [4.78, 5) is 7.05. The van der Waals surface area contributed by atoms with E-state index < -0.39 is 0 Å². The maximum atomic E-state index is 13.3. The second-order valence-electron chi connectivity index (χ2n) is 8.15. The summed E-state index contributed by atoms with van der Waals surface area (Å²) >= 11 is 0. The summed E-state index contributed by atoms with van der Waals surface area (Å²) in [7, 11) is 0. The van der Waals surface area contributed by atoms with E-state index in [0.29, 0.717) is 6.04 Å². The van der Waals surface area contributed by atoms with Crippen LogP contribution in [0, 0.1) is 5.82 Å². The highest BCUT2D eigenvalue weighted by molar-refractivity contribution is 5.81. The van der Waals surface area contributed by atoms with Crippen molar-refractivity contribution in [2.75, 3.05) is 25.0 Å². The number of rotatable bonds is 7. The minimum absolute atomic E-state index is 0.250. The van der Waals surface area contributed by atoms with Crippen molar-refractivity contribution in [3.63, 3.8) is 0 Å². The Hall–Kier alpha value is -3.25. The second kappa shape index (κ2) is 10.4. The van der Waals surface area contributed by atoms with E-state index in [4.69, 9.17) is 0 Å². The number of anilines is 1. The van der Waals surface area contributed by atoms with Crippen molar-refractivity contribution >= 4 is 5.82 Å². The van der Waals surface area contributed by atoms with E-state index in [2.05, 4.69) is 63.5 Å². The Morgan fingerprint density at radius 3 is 2.66 bits per heavy atom. The Balaban J connectivity index is 1.41. The molecule has 166 valence electrons. The summed E-state index contributed by atoms with van der Waals surface area (Å²) in [6, 6.07) is 10.9. The zero-order valence-corrected chi connectivity index (χ0v) is 18.7. The number of piperidine rings is 1. The molecule has 5 nitrogen and oxygen atoms in total. The summed E-state index contributed by atoms with van der Waals surface area (Å²) < 4.78 is 13.3. The van der Waals surface area contributed by atoms with Crippen molar-refractivity contribution in [2.24, 2.45) is 0 Å². The van der Waals surface area contributed by atoms with Gasteiger partial charge in [0.05, 0.1) is 11.9 Å².